The van der Waals surface area contributed by atoms with Gasteiger partial charge < -0.3 is 9.32 Å². The van der Waals surface area contributed by atoms with E-state index in [1.807, 2.05) is 32.9 Å². The number of hydrogen-bond acceptors (Lipinski definition) is 5. The average Bonchev–Trinajstić information content (AvgIpc) is 2.97. The summed E-state index contributed by atoms with van der Waals surface area (Å²) in [5.74, 6) is 0.489. The summed E-state index contributed by atoms with van der Waals surface area (Å²) in [4.78, 5) is 14.0. The lowest BCUT2D eigenvalue weighted by molar-refractivity contribution is -0.129. The van der Waals surface area contributed by atoms with Gasteiger partial charge in [-0.1, -0.05) is 23.4 Å². The fraction of sp³-hybridized carbons (Fsp3) is 0.400. The van der Waals surface area contributed by atoms with Crippen molar-refractivity contribution in [2.75, 3.05) is 13.1 Å². The lowest BCUT2D eigenvalue weighted by Crippen LogP contribution is -2.36. The number of aromatic nitrogens is 2. The molecule has 0 bridgehead atoms. The van der Waals surface area contributed by atoms with Gasteiger partial charge >= 0.3 is 0 Å². The zero-order valence-electron chi connectivity index (χ0n) is 12.7. The largest absolute Gasteiger partial charge is 0.411 e. The molecule has 0 aliphatic rings. The van der Waals surface area contributed by atoms with E-state index in [1.54, 1.807) is 17.0 Å². The Morgan fingerprint density at radius 3 is 2.50 bits per heavy atom. The zero-order chi connectivity index (χ0) is 16.1. The molecule has 7 heteroatoms. The van der Waals surface area contributed by atoms with Crippen LogP contribution in [0.1, 0.15) is 20.8 Å². The molecule has 1 heterocycles. The predicted molar refractivity (Wildman–Crippen MR) is 88.0 cm³/mol. The van der Waals surface area contributed by atoms with Gasteiger partial charge in [-0.15, -0.1) is 10.2 Å². The Hall–Kier alpha value is -1.53. The summed E-state index contributed by atoms with van der Waals surface area (Å²) in [6.07, 6.45) is 0. The molecule has 1 aromatic carbocycles. The molecule has 1 aromatic heterocycles. The van der Waals surface area contributed by atoms with Crippen molar-refractivity contribution in [3.05, 3.63) is 29.3 Å². The molecule has 0 fully saturated rings. The van der Waals surface area contributed by atoms with Gasteiger partial charge in [-0.25, -0.2) is 0 Å². The molecule has 0 saturated carbocycles. The van der Waals surface area contributed by atoms with Gasteiger partial charge in [-0.3, -0.25) is 4.79 Å². The maximum absolute atomic E-state index is 12.2. The number of halogens is 1. The van der Waals surface area contributed by atoms with E-state index in [9.17, 15) is 4.79 Å². The minimum absolute atomic E-state index is 0.0706. The van der Waals surface area contributed by atoms with Gasteiger partial charge in [-0.2, -0.15) is 0 Å². The smallest absolute Gasteiger partial charge is 0.277 e. The van der Waals surface area contributed by atoms with E-state index in [-0.39, 0.29) is 11.2 Å². The second-order valence-electron chi connectivity index (χ2n) is 4.65. The maximum Gasteiger partial charge on any atom is 0.277 e. The number of amides is 1. The highest BCUT2D eigenvalue weighted by Crippen LogP contribution is 2.27. The number of nitrogens with zero attached hydrogens (tertiary/aromatic N) is 3. The second-order valence-corrected chi connectivity index (χ2v) is 6.38. The first-order valence-corrected chi connectivity index (χ1v) is 8.35. The summed E-state index contributed by atoms with van der Waals surface area (Å²) < 4.78 is 5.60. The lowest BCUT2D eigenvalue weighted by Gasteiger charge is -2.21. The quantitative estimate of drug-likeness (QED) is 0.750. The van der Waals surface area contributed by atoms with E-state index in [0.717, 1.165) is 5.56 Å². The van der Waals surface area contributed by atoms with Crippen LogP contribution in [-0.2, 0) is 4.79 Å². The Morgan fingerprint density at radius 1 is 1.27 bits per heavy atom. The van der Waals surface area contributed by atoms with Crippen molar-refractivity contribution in [2.24, 2.45) is 0 Å². The van der Waals surface area contributed by atoms with Gasteiger partial charge in [0.2, 0.25) is 11.8 Å². The molecule has 0 N–H and O–H groups in total. The highest BCUT2D eigenvalue weighted by molar-refractivity contribution is 8.00. The first kappa shape index (κ1) is 16.8. The monoisotopic (exact) mass is 339 g/mol. The van der Waals surface area contributed by atoms with Gasteiger partial charge in [0.1, 0.15) is 0 Å². The molecule has 22 heavy (non-hydrogen) atoms. The maximum atomic E-state index is 12.2. The summed E-state index contributed by atoms with van der Waals surface area (Å²) in [5.41, 5.74) is 0.798. The van der Waals surface area contributed by atoms with Crippen LogP contribution in [0.5, 0.6) is 0 Å². The van der Waals surface area contributed by atoms with Crippen LogP contribution < -0.4 is 0 Å². The number of rotatable bonds is 6. The molecule has 0 radical (unpaired) electrons. The summed E-state index contributed by atoms with van der Waals surface area (Å²) in [5, 5.41) is 8.77. The van der Waals surface area contributed by atoms with E-state index in [1.165, 1.54) is 11.8 Å². The molecule has 1 atom stereocenters. The third-order valence-electron chi connectivity index (χ3n) is 3.20. The van der Waals surface area contributed by atoms with E-state index < -0.39 is 0 Å². The minimum Gasteiger partial charge on any atom is -0.411 e. The number of thioether (sulfide) groups is 1. The molecule has 1 amide bonds. The van der Waals surface area contributed by atoms with Crippen LogP contribution in [0.25, 0.3) is 11.5 Å². The van der Waals surface area contributed by atoms with Crippen molar-refractivity contribution in [1.29, 1.82) is 0 Å². The van der Waals surface area contributed by atoms with Crippen molar-refractivity contribution in [3.8, 4) is 11.5 Å². The molecule has 5 nitrogen and oxygen atoms in total. The molecular weight excluding hydrogens is 322 g/mol. The molecule has 2 aromatic rings. The van der Waals surface area contributed by atoms with Crippen molar-refractivity contribution >= 4 is 29.3 Å². The number of carbonyl (C=O) groups excluding carboxylic acids is 1. The molecular formula is C15H18ClN3O2S. The molecule has 1 unspecified atom stereocenters. The Labute approximate surface area is 139 Å². The average molecular weight is 340 g/mol. The van der Waals surface area contributed by atoms with Gasteiger partial charge in [0.25, 0.3) is 5.22 Å². The third kappa shape index (κ3) is 4.01. The Kier molecular flexibility index (Phi) is 5.85. The standard InChI is InChI=1S/C15H18ClN3O2S/c1-4-19(5-2)14(20)10(3)22-15-18-17-13(21-15)11-6-8-12(16)9-7-11/h6-10H,4-5H2,1-3H3. The van der Waals surface area contributed by atoms with Gasteiger partial charge in [0, 0.05) is 23.7 Å². The van der Waals surface area contributed by atoms with Gasteiger partial charge in [0.05, 0.1) is 5.25 Å². The molecule has 0 aliphatic heterocycles. The predicted octanol–water partition coefficient (Wildman–Crippen LogP) is 3.74. The van der Waals surface area contributed by atoms with E-state index in [4.69, 9.17) is 16.0 Å². The van der Waals surface area contributed by atoms with Crippen LogP contribution in [-0.4, -0.2) is 39.3 Å². The van der Waals surface area contributed by atoms with E-state index in [0.29, 0.717) is 29.2 Å². The van der Waals surface area contributed by atoms with Crippen LogP contribution in [0, 0.1) is 0 Å². The van der Waals surface area contributed by atoms with Crippen LogP contribution in [0.15, 0.2) is 33.9 Å². The van der Waals surface area contributed by atoms with Gasteiger partial charge in [0.15, 0.2) is 0 Å². The highest BCUT2D eigenvalue weighted by atomic mass is 35.5. The third-order valence-corrected chi connectivity index (χ3v) is 4.37. The number of benzene rings is 1. The Bertz CT molecular complexity index is 626. The SMILES string of the molecule is CCN(CC)C(=O)C(C)Sc1nnc(-c2ccc(Cl)cc2)o1. The fourth-order valence-corrected chi connectivity index (χ4v) is 2.85. The van der Waals surface area contributed by atoms with E-state index in [2.05, 4.69) is 10.2 Å². The first-order valence-electron chi connectivity index (χ1n) is 7.10. The van der Waals surface area contributed by atoms with Crippen molar-refractivity contribution < 1.29 is 9.21 Å². The normalized spacial score (nSPS) is 12.2. The first-order chi connectivity index (χ1) is 10.5. The Morgan fingerprint density at radius 2 is 1.91 bits per heavy atom. The van der Waals surface area contributed by atoms with Crippen LogP contribution >= 0.6 is 23.4 Å². The molecule has 0 saturated heterocycles. The van der Waals surface area contributed by atoms with Crippen molar-refractivity contribution in [3.63, 3.8) is 0 Å². The molecule has 0 spiro atoms. The van der Waals surface area contributed by atoms with Crippen molar-refractivity contribution in [2.45, 2.75) is 31.2 Å². The van der Waals surface area contributed by atoms with Crippen LogP contribution in [0.2, 0.25) is 5.02 Å². The van der Waals surface area contributed by atoms with Crippen LogP contribution in [0.4, 0.5) is 0 Å². The summed E-state index contributed by atoms with van der Waals surface area (Å²) in [6, 6.07) is 7.16. The topological polar surface area (TPSA) is 59.2 Å². The lowest BCUT2D eigenvalue weighted by atomic mass is 10.2. The summed E-state index contributed by atoms with van der Waals surface area (Å²) in [7, 11) is 0. The second kappa shape index (κ2) is 7.65. The van der Waals surface area contributed by atoms with E-state index >= 15 is 0 Å². The fourth-order valence-electron chi connectivity index (χ4n) is 1.96. The van der Waals surface area contributed by atoms with Crippen LogP contribution in [0.3, 0.4) is 0 Å². The number of carbonyl (C=O) groups is 1. The minimum atomic E-state index is -0.265. The van der Waals surface area contributed by atoms with Gasteiger partial charge in [-0.05, 0) is 45.0 Å². The zero-order valence-corrected chi connectivity index (χ0v) is 14.3. The summed E-state index contributed by atoms with van der Waals surface area (Å²) in [6.45, 7) is 7.16. The van der Waals surface area contributed by atoms with Crippen molar-refractivity contribution in [1.82, 2.24) is 15.1 Å². The summed E-state index contributed by atoms with van der Waals surface area (Å²) >= 11 is 7.12. The molecule has 2 rings (SSSR count). The highest BCUT2D eigenvalue weighted by Gasteiger charge is 2.22. The molecule has 118 valence electrons. The Balaban J connectivity index is 2.05. The number of hydrogen-bond donors (Lipinski definition) is 0. The molecule has 0 aliphatic carbocycles.